The highest BCUT2D eigenvalue weighted by Gasteiger charge is 2.50. The molecular weight excluding hydrogens is 552 g/mol. The summed E-state index contributed by atoms with van der Waals surface area (Å²) < 4.78 is 26.8. The van der Waals surface area contributed by atoms with Crippen molar-refractivity contribution in [2.45, 2.75) is 127 Å². The maximum Gasteiger partial charge on any atom is 0.311 e. The van der Waals surface area contributed by atoms with Gasteiger partial charge in [-0.2, -0.15) is 0 Å². The highest BCUT2D eigenvalue weighted by molar-refractivity contribution is 5.73. The number of rotatable bonds is 14. The molecular formula is C26H46O15. The maximum atomic E-state index is 12.4. The van der Waals surface area contributed by atoms with Crippen LogP contribution in [0.2, 0.25) is 0 Å². The third-order valence-corrected chi connectivity index (χ3v) is 7.64. The summed E-state index contributed by atoms with van der Waals surface area (Å²) in [5, 5.41) is 82.3. The molecule has 2 fully saturated rings. The van der Waals surface area contributed by atoms with Crippen molar-refractivity contribution in [3.63, 3.8) is 0 Å². The highest BCUT2D eigenvalue weighted by atomic mass is 16.8. The lowest BCUT2D eigenvalue weighted by Crippen LogP contribution is -2.64. The minimum absolute atomic E-state index is 0.287. The van der Waals surface area contributed by atoms with Gasteiger partial charge in [0, 0.05) is 0 Å². The van der Waals surface area contributed by atoms with Crippen LogP contribution in [-0.4, -0.2) is 140 Å². The molecule has 15 nitrogen and oxygen atoms in total. The number of carbonyl (C=O) groups is 2. The van der Waals surface area contributed by atoms with Gasteiger partial charge in [0.1, 0.15) is 62.0 Å². The first-order chi connectivity index (χ1) is 19.3. The highest BCUT2D eigenvalue weighted by Crippen LogP contribution is 2.29. The van der Waals surface area contributed by atoms with Crippen molar-refractivity contribution in [3.8, 4) is 0 Å². The minimum atomic E-state index is -1.88. The first-order valence-corrected chi connectivity index (χ1v) is 14.1. The molecule has 2 aliphatic rings. The Balaban J connectivity index is 2.07. The monoisotopic (exact) mass is 598 g/mol. The molecule has 0 saturated carbocycles. The number of ether oxygens (including phenoxy) is 5. The minimum Gasteiger partial charge on any atom is -0.463 e. The van der Waals surface area contributed by atoms with E-state index in [1.807, 2.05) is 0 Å². The first-order valence-electron chi connectivity index (χ1n) is 14.1. The summed E-state index contributed by atoms with van der Waals surface area (Å²) in [6, 6.07) is 0. The molecule has 240 valence electrons. The van der Waals surface area contributed by atoms with Crippen LogP contribution in [-0.2, 0) is 33.3 Å². The molecule has 0 spiro atoms. The lowest BCUT2D eigenvalue weighted by molar-refractivity contribution is -0.376. The zero-order chi connectivity index (χ0) is 31.0. The van der Waals surface area contributed by atoms with E-state index in [1.165, 1.54) is 0 Å². The molecule has 0 radical (unpaired) electrons. The Morgan fingerprint density at radius 3 is 1.22 bits per heavy atom. The van der Waals surface area contributed by atoms with Crippen molar-refractivity contribution in [2.24, 2.45) is 11.8 Å². The Kier molecular flexibility index (Phi) is 14.3. The van der Waals surface area contributed by atoms with Crippen molar-refractivity contribution in [3.05, 3.63) is 0 Å². The van der Waals surface area contributed by atoms with Crippen LogP contribution in [0.3, 0.4) is 0 Å². The van der Waals surface area contributed by atoms with Gasteiger partial charge in [-0.05, 0) is 25.7 Å². The number of aliphatic hydroxyl groups is 8. The van der Waals surface area contributed by atoms with Crippen LogP contribution in [0, 0.1) is 11.8 Å². The summed E-state index contributed by atoms with van der Waals surface area (Å²) in [6.45, 7) is 5.61. The molecule has 8 N–H and O–H groups in total. The number of hydrogen-bond acceptors (Lipinski definition) is 15. The summed E-state index contributed by atoms with van der Waals surface area (Å²) in [7, 11) is 0. The smallest absolute Gasteiger partial charge is 0.311 e. The van der Waals surface area contributed by atoms with Gasteiger partial charge < -0.3 is 64.5 Å². The van der Waals surface area contributed by atoms with Crippen LogP contribution < -0.4 is 0 Å². The Hall–Kier alpha value is -1.50. The predicted molar refractivity (Wildman–Crippen MR) is 137 cm³/mol. The average molecular weight is 599 g/mol. The maximum absolute atomic E-state index is 12.4. The predicted octanol–water partition coefficient (Wildman–Crippen LogP) is -2.70. The summed E-state index contributed by atoms with van der Waals surface area (Å²) in [6.07, 6.45) is -17.9. The van der Waals surface area contributed by atoms with E-state index in [-0.39, 0.29) is 12.8 Å². The molecule has 2 saturated heterocycles. The largest absolute Gasteiger partial charge is 0.463 e. The number of aliphatic hydroxyl groups excluding tert-OH is 8. The van der Waals surface area contributed by atoms with E-state index < -0.39 is 111 Å². The lowest BCUT2D eigenvalue weighted by atomic mass is 9.97. The van der Waals surface area contributed by atoms with E-state index in [2.05, 4.69) is 0 Å². The van der Waals surface area contributed by atoms with E-state index in [0.29, 0.717) is 12.8 Å². The molecule has 0 aliphatic carbocycles. The van der Waals surface area contributed by atoms with Crippen LogP contribution in [0.15, 0.2) is 0 Å². The first kappa shape index (κ1) is 35.7. The Morgan fingerprint density at radius 1 is 0.585 bits per heavy atom. The van der Waals surface area contributed by atoms with Crippen molar-refractivity contribution in [2.75, 3.05) is 13.2 Å². The zero-order valence-corrected chi connectivity index (χ0v) is 23.8. The fourth-order valence-corrected chi connectivity index (χ4v) is 4.77. The molecule has 41 heavy (non-hydrogen) atoms. The van der Waals surface area contributed by atoms with Crippen LogP contribution in [0.1, 0.15) is 53.4 Å². The second kappa shape index (κ2) is 16.4. The number of carbonyl (C=O) groups excluding carboxylic acids is 2. The Bertz CT molecular complexity index is 750. The van der Waals surface area contributed by atoms with Crippen molar-refractivity contribution < 1.29 is 74.1 Å². The third kappa shape index (κ3) is 8.76. The molecule has 2 rings (SSSR count). The van der Waals surface area contributed by atoms with Crippen LogP contribution in [0.25, 0.3) is 0 Å². The molecule has 2 aliphatic heterocycles. The van der Waals surface area contributed by atoms with Gasteiger partial charge in [0.2, 0.25) is 0 Å². The van der Waals surface area contributed by atoms with Gasteiger partial charge in [0.05, 0.1) is 24.0 Å². The molecule has 0 aromatic heterocycles. The SMILES string of the molecule is CCC(O)C(CC)C(=O)OCC1O[C@H](O[C@H]2OC(COC(=O)C(CC)C(O)CC)[C@@H](O)[C@H](O)C2O)C(O)[C@@H](O)[C@@H]1O. The van der Waals surface area contributed by atoms with Gasteiger partial charge in [-0.1, -0.05) is 27.7 Å². The second-order valence-corrected chi connectivity index (χ2v) is 10.4. The number of hydrogen-bond donors (Lipinski definition) is 8. The summed E-state index contributed by atoms with van der Waals surface area (Å²) >= 11 is 0. The molecule has 0 bridgehead atoms. The molecule has 8 unspecified atom stereocenters. The van der Waals surface area contributed by atoms with E-state index in [1.54, 1.807) is 27.7 Å². The van der Waals surface area contributed by atoms with Crippen LogP contribution >= 0.6 is 0 Å². The van der Waals surface area contributed by atoms with Gasteiger partial charge in [0.15, 0.2) is 12.6 Å². The molecule has 2 heterocycles. The summed E-state index contributed by atoms with van der Waals surface area (Å²) in [5.74, 6) is -3.17. The second-order valence-electron chi connectivity index (χ2n) is 10.4. The van der Waals surface area contributed by atoms with Crippen molar-refractivity contribution >= 4 is 11.9 Å². The fourth-order valence-electron chi connectivity index (χ4n) is 4.77. The average Bonchev–Trinajstić information content (AvgIpc) is 2.96. The van der Waals surface area contributed by atoms with Gasteiger partial charge >= 0.3 is 11.9 Å². The van der Waals surface area contributed by atoms with E-state index in [0.717, 1.165) is 0 Å². The van der Waals surface area contributed by atoms with Gasteiger partial charge in [-0.3, -0.25) is 9.59 Å². The van der Waals surface area contributed by atoms with Gasteiger partial charge in [-0.15, -0.1) is 0 Å². The Labute approximate surface area is 238 Å². The van der Waals surface area contributed by atoms with Crippen LogP contribution in [0.5, 0.6) is 0 Å². The normalized spacial score (nSPS) is 37.1. The quantitative estimate of drug-likeness (QED) is 0.0949. The molecule has 0 amide bonds. The molecule has 14 atom stereocenters. The standard InChI is InChI=1S/C26H46O15/c1-5-11(13(27)7-3)23(35)37-9-15-17(29)19(31)21(33)25(39-15)41-26-22(34)20(32)18(30)16(40-26)10-38-24(36)12(6-2)14(28)8-4/h11-22,25-34H,5-10H2,1-4H3/t11?,12?,13?,14?,15?,16?,17-,18-,19+,20+,21?,22?,25-,26-/m1/s1. The third-order valence-electron chi connectivity index (χ3n) is 7.64. The lowest BCUT2D eigenvalue weighted by Gasteiger charge is -2.44. The van der Waals surface area contributed by atoms with E-state index in [9.17, 15) is 50.4 Å². The van der Waals surface area contributed by atoms with E-state index in [4.69, 9.17) is 23.7 Å². The molecule has 0 aromatic carbocycles. The topological polar surface area (TPSA) is 242 Å². The summed E-state index contributed by atoms with van der Waals surface area (Å²) in [4.78, 5) is 24.8. The zero-order valence-electron chi connectivity index (χ0n) is 23.8. The van der Waals surface area contributed by atoms with Crippen molar-refractivity contribution in [1.82, 2.24) is 0 Å². The van der Waals surface area contributed by atoms with E-state index >= 15 is 0 Å². The summed E-state index contributed by atoms with van der Waals surface area (Å²) in [5.41, 5.74) is 0. The Morgan fingerprint density at radius 2 is 0.927 bits per heavy atom. The van der Waals surface area contributed by atoms with Gasteiger partial charge in [-0.25, -0.2) is 0 Å². The van der Waals surface area contributed by atoms with Crippen molar-refractivity contribution in [1.29, 1.82) is 0 Å². The molecule has 15 heteroatoms. The van der Waals surface area contributed by atoms with Gasteiger partial charge in [0.25, 0.3) is 0 Å². The van der Waals surface area contributed by atoms with Crippen LogP contribution in [0.4, 0.5) is 0 Å². The number of esters is 2. The molecule has 0 aromatic rings. The fraction of sp³-hybridized carbons (Fsp3) is 0.923.